The average Bonchev–Trinajstić information content (AvgIpc) is 3.55. The third-order valence-electron chi connectivity index (χ3n) is 13.6. The van der Waals surface area contributed by atoms with Crippen molar-refractivity contribution >= 4 is 53.1 Å². The number of hydrogen-bond donors (Lipinski definition) is 0. The van der Waals surface area contributed by atoms with Crippen molar-refractivity contribution < 1.29 is 20.1 Å². The molecule has 3 aliphatic rings. The molecule has 0 spiro atoms. The first-order valence-electron chi connectivity index (χ1n) is 22.3. The first-order valence-corrected chi connectivity index (χ1v) is 23.2. The van der Waals surface area contributed by atoms with Crippen LogP contribution in [0.2, 0.25) is 0 Å². The number of aromatic nitrogens is 1. The predicted octanol–water partition coefficient (Wildman–Crippen LogP) is 16.2. The molecular formula is C53H66IrN3S. The van der Waals surface area contributed by atoms with Crippen LogP contribution in [-0.2, 0) is 36.4 Å². The number of hydrogen-bond acceptors (Lipinski definition) is 2. The molecule has 0 N–H and O–H groups in total. The normalized spacial score (nSPS) is 18.7. The largest absolute Gasteiger partial charge is 3.00 e. The van der Waals surface area contributed by atoms with Crippen LogP contribution in [-0.4, -0.2) is 23.2 Å². The van der Waals surface area contributed by atoms with E-state index in [9.17, 15) is 0 Å². The molecular weight excluding hydrogens is 903 g/mol. The number of fused-ring (bicyclic) bond motifs is 7. The molecule has 0 saturated heterocycles. The molecule has 5 heteroatoms. The summed E-state index contributed by atoms with van der Waals surface area (Å²) in [5.74, 6) is 0.578. The van der Waals surface area contributed by atoms with E-state index in [4.69, 9.17) is 15.6 Å². The molecule has 308 valence electrons. The van der Waals surface area contributed by atoms with E-state index in [1.807, 2.05) is 17.5 Å². The average molecular weight is 969 g/mol. The Labute approximate surface area is 367 Å². The number of thiophene rings is 1. The molecule has 0 radical (unpaired) electrons. The fourth-order valence-electron chi connectivity index (χ4n) is 10.1. The number of pyridine rings is 1. The first kappa shape index (κ1) is 43.4. The van der Waals surface area contributed by atoms with Gasteiger partial charge < -0.3 is 10.6 Å². The molecule has 0 amide bonds. The number of nitrogens with zero attached hydrogens (tertiary/aromatic N) is 3. The Kier molecular flexibility index (Phi) is 13.0. The van der Waals surface area contributed by atoms with E-state index < -0.39 is 0 Å². The Bertz CT molecular complexity index is 2350. The Morgan fingerprint density at radius 2 is 1.36 bits per heavy atom. The Morgan fingerprint density at radius 1 is 0.724 bits per heavy atom. The molecule has 2 fully saturated rings. The van der Waals surface area contributed by atoms with Crippen LogP contribution < -0.4 is 0 Å². The Balaban J connectivity index is 0.000000227. The zero-order chi connectivity index (χ0) is 40.1. The van der Waals surface area contributed by atoms with Crippen LogP contribution >= 0.6 is 11.3 Å². The zero-order valence-corrected chi connectivity index (χ0v) is 39.9. The van der Waals surface area contributed by atoms with Gasteiger partial charge in [0.05, 0.1) is 0 Å². The van der Waals surface area contributed by atoms with Crippen molar-refractivity contribution in [3.63, 3.8) is 0 Å². The van der Waals surface area contributed by atoms with Crippen LogP contribution in [0.1, 0.15) is 156 Å². The van der Waals surface area contributed by atoms with E-state index in [1.54, 1.807) is 5.56 Å². The molecule has 0 aliphatic heterocycles. The molecule has 3 nitrogen and oxygen atoms in total. The zero-order valence-electron chi connectivity index (χ0n) is 36.7. The van der Waals surface area contributed by atoms with Gasteiger partial charge in [0.25, 0.3) is 0 Å². The van der Waals surface area contributed by atoms with Crippen molar-refractivity contribution in [2.75, 3.05) is 0 Å². The maximum Gasteiger partial charge on any atom is 3.00 e. The smallest absolute Gasteiger partial charge is 0.675 e. The quantitative estimate of drug-likeness (QED) is 0.153. The van der Waals surface area contributed by atoms with Crippen molar-refractivity contribution in [1.29, 1.82) is 0 Å². The standard InChI is InChI=1S/C37H36NS.C16H30N2.Ir/c1-35(2,3)30-19-24(18-22-10-8-9-11-25(22)30)33-27-21-28-26-12-13-29-32(37(6,7)16-15-36(29,4)5)34(26)39-31(28)20-23(27)14-17-38-33;1-13(2)16(17-14-9-5-3-6-10-14)18-15-11-7-4-8-12-15;/h8-14,17,19-21H,15-16H2,1-7H3;13-16H,3-12H2,1-2H3;/q-1;-2;+3. The van der Waals surface area contributed by atoms with Gasteiger partial charge in [0.1, 0.15) is 0 Å². The Morgan fingerprint density at radius 3 is 2.00 bits per heavy atom. The van der Waals surface area contributed by atoms with Gasteiger partial charge in [-0.05, 0) is 63.1 Å². The molecule has 2 aromatic heterocycles. The molecule has 6 aromatic rings. The topological polar surface area (TPSA) is 41.1 Å². The second-order valence-electron chi connectivity index (χ2n) is 20.4. The van der Waals surface area contributed by atoms with E-state index in [0.717, 1.165) is 16.6 Å². The minimum Gasteiger partial charge on any atom is -0.675 e. The molecule has 0 unspecified atom stereocenters. The fourth-order valence-corrected chi connectivity index (χ4v) is 11.6. The van der Waals surface area contributed by atoms with Crippen LogP contribution in [0.15, 0.2) is 66.9 Å². The van der Waals surface area contributed by atoms with Gasteiger partial charge in [-0.2, -0.15) is 0 Å². The third-order valence-corrected chi connectivity index (χ3v) is 14.8. The van der Waals surface area contributed by atoms with Gasteiger partial charge in [-0.3, -0.25) is 4.98 Å². The second kappa shape index (κ2) is 17.4. The molecule has 0 bridgehead atoms. The summed E-state index contributed by atoms with van der Waals surface area (Å²) < 4.78 is 2.83. The van der Waals surface area contributed by atoms with Gasteiger partial charge in [0.15, 0.2) is 0 Å². The third kappa shape index (κ3) is 8.87. The SMILES string of the molecule is CC(C)(C)c1cc(-c2nccc3cc4sc5c6c(ccc5c4cc23)C(C)(C)CCC6(C)C)[c-]c2ccccc12.CC(C)C([N-]C1CCCCC1)[N-]C1CCCCC1.[Ir+3]. The van der Waals surface area contributed by atoms with Crippen LogP contribution in [0.25, 0.3) is 63.6 Å². The van der Waals surface area contributed by atoms with Crippen molar-refractivity contribution in [1.82, 2.24) is 4.98 Å². The van der Waals surface area contributed by atoms with Crippen LogP contribution in [0.3, 0.4) is 0 Å². The summed E-state index contributed by atoms with van der Waals surface area (Å²) in [6.07, 6.45) is 18.3. The van der Waals surface area contributed by atoms with Crippen molar-refractivity contribution in [3.8, 4) is 11.3 Å². The van der Waals surface area contributed by atoms with Gasteiger partial charge >= 0.3 is 20.1 Å². The maximum atomic E-state index is 5.06. The van der Waals surface area contributed by atoms with E-state index >= 15 is 0 Å². The number of rotatable bonds is 6. The van der Waals surface area contributed by atoms with Crippen molar-refractivity contribution in [3.05, 3.63) is 100 Å². The first-order chi connectivity index (χ1) is 27.2. The van der Waals surface area contributed by atoms with Gasteiger partial charge in [0, 0.05) is 32.1 Å². The van der Waals surface area contributed by atoms with E-state index in [1.165, 1.54) is 125 Å². The van der Waals surface area contributed by atoms with E-state index in [0.29, 0.717) is 18.0 Å². The maximum absolute atomic E-state index is 5.06. The molecule has 4 aromatic carbocycles. The molecule has 0 atom stereocenters. The van der Waals surface area contributed by atoms with E-state index in [2.05, 4.69) is 129 Å². The summed E-state index contributed by atoms with van der Waals surface area (Å²) in [6, 6.07) is 27.7. The summed E-state index contributed by atoms with van der Waals surface area (Å²) in [7, 11) is 0. The minimum absolute atomic E-state index is 0. The molecule has 9 rings (SSSR count). The van der Waals surface area contributed by atoms with Gasteiger partial charge in [-0.15, -0.1) is 52.6 Å². The van der Waals surface area contributed by atoms with Gasteiger partial charge in [-0.1, -0.05) is 180 Å². The van der Waals surface area contributed by atoms with Crippen LogP contribution in [0.4, 0.5) is 0 Å². The van der Waals surface area contributed by atoms with Gasteiger partial charge in [0.2, 0.25) is 0 Å². The molecule has 2 heterocycles. The van der Waals surface area contributed by atoms with Crippen LogP contribution in [0, 0.1) is 12.0 Å². The van der Waals surface area contributed by atoms with Crippen molar-refractivity contribution in [2.45, 2.75) is 174 Å². The number of benzene rings is 4. The fraction of sp³-hybridized carbons (Fsp3) is 0.528. The molecule has 3 aliphatic carbocycles. The summed E-state index contributed by atoms with van der Waals surface area (Å²) in [4.78, 5) is 4.96. The van der Waals surface area contributed by atoms with E-state index in [-0.39, 0.29) is 42.5 Å². The Hall–Kier alpha value is -2.66. The van der Waals surface area contributed by atoms with Gasteiger partial charge in [-0.25, -0.2) is 6.17 Å². The summed E-state index contributed by atoms with van der Waals surface area (Å²) in [5.41, 5.74) is 6.94. The summed E-state index contributed by atoms with van der Waals surface area (Å²) >= 11 is 1.98. The molecule has 58 heavy (non-hydrogen) atoms. The van der Waals surface area contributed by atoms with Crippen LogP contribution in [0.5, 0.6) is 0 Å². The monoisotopic (exact) mass is 969 g/mol. The summed E-state index contributed by atoms with van der Waals surface area (Å²) in [5, 5.41) is 17.7. The summed E-state index contributed by atoms with van der Waals surface area (Å²) in [6.45, 7) is 21.1. The molecule has 2 saturated carbocycles. The van der Waals surface area contributed by atoms with Crippen molar-refractivity contribution in [2.24, 2.45) is 5.92 Å². The minimum atomic E-state index is 0. The second-order valence-corrected chi connectivity index (χ2v) is 21.4. The predicted molar refractivity (Wildman–Crippen MR) is 249 cm³/mol.